The Morgan fingerprint density at radius 2 is 1.88 bits per heavy atom. The number of rotatable bonds is 2. The first kappa shape index (κ1) is 12.3. The maximum Gasteiger partial charge on any atom is 0.119 e. The van der Waals surface area contributed by atoms with Crippen LogP contribution in [0.25, 0.3) is 0 Å². The van der Waals surface area contributed by atoms with Crippen molar-refractivity contribution in [2.45, 2.75) is 51.6 Å². The van der Waals surface area contributed by atoms with Crippen molar-refractivity contribution in [1.29, 1.82) is 0 Å². The second-order valence-corrected chi connectivity index (χ2v) is 5.62. The number of ether oxygens (including phenoxy) is 1. The molecular formula is C15H23NO. The largest absolute Gasteiger partial charge is 0.497 e. The zero-order valence-corrected chi connectivity index (χ0v) is 11.4. The van der Waals surface area contributed by atoms with E-state index in [0.717, 1.165) is 5.75 Å². The summed E-state index contributed by atoms with van der Waals surface area (Å²) >= 11 is 0. The first-order valence-electron chi connectivity index (χ1n) is 6.48. The second-order valence-electron chi connectivity index (χ2n) is 5.62. The van der Waals surface area contributed by atoms with Crippen molar-refractivity contribution in [3.63, 3.8) is 0 Å². The minimum atomic E-state index is 0.256. The van der Waals surface area contributed by atoms with Gasteiger partial charge < -0.3 is 9.64 Å². The summed E-state index contributed by atoms with van der Waals surface area (Å²) in [6.45, 7) is 7.00. The summed E-state index contributed by atoms with van der Waals surface area (Å²) < 4.78 is 5.22. The van der Waals surface area contributed by atoms with Gasteiger partial charge in [-0.3, -0.25) is 0 Å². The molecule has 1 aliphatic rings. The lowest BCUT2D eigenvalue weighted by Crippen LogP contribution is -2.52. The highest BCUT2D eigenvalue weighted by atomic mass is 16.5. The predicted octanol–water partition coefficient (Wildman–Crippen LogP) is 3.85. The number of hydrogen-bond donors (Lipinski definition) is 0. The van der Waals surface area contributed by atoms with Crippen LogP contribution in [0.15, 0.2) is 24.3 Å². The molecule has 2 heteroatoms. The lowest BCUT2D eigenvalue weighted by atomic mass is 9.86. The molecule has 1 unspecified atom stereocenters. The van der Waals surface area contributed by atoms with E-state index in [0.29, 0.717) is 6.04 Å². The van der Waals surface area contributed by atoms with E-state index < -0.39 is 0 Å². The minimum absolute atomic E-state index is 0.256. The smallest absolute Gasteiger partial charge is 0.119 e. The van der Waals surface area contributed by atoms with Crippen LogP contribution in [0.2, 0.25) is 0 Å². The molecule has 0 bridgehead atoms. The fourth-order valence-corrected chi connectivity index (χ4v) is 3.02. The molecule has 2 rings (SSSR count). The molecule has 1 fully saturated rings. The molecule has 1 heterocycles. The van der Waals surface area contributed by atoms with Crippen molar-refractivity contribution >= 4 is 5.69 Å². The molecule has 1 aromatic carbocycles. The summed E-state index contributed by atoms with van der Waals surface area (Å²) in [5.41, 5.74) is 1.56. The van der Waals surface area contributed by atoms with E-state index in [1.54, 1.807) is 7.11 Å². The van der Waals surface area contributed by atoms with Crippen LogP contribution in [-0.2, 0) is 0 Å². The third-order valence-corrected chi connectivity index (χ3v) is 3.85. The standard InChI is InChI=1S/C15H23NO/c1-12-6-5-11-15(2,3)16(12)13-7-9-14(17-4)10-8-13/h7-10,12H,5-6,11H2,1-4H3. The molecule has 17 heavy (non-hydrogen) atoms. The van der Waals surface area contributed by atoms with Gasteiger partial charge in [0.1, 0.15) is 5.75 Å². The Morgan fingerprint density at radius 1 is 1.24 bits per heavy atom. The molecule has 0 aliphatic carbocycles. The van der Waals surface area contributed by atoms with E-state index in [9.17, 15) is 0 Å². The van der Waals surface area contributed by atoms with Crippen molar-refractivity contribution in [1.82, 2.24) is 0 Å². The van der Waals surface area contributed by atoms with E-state index in [-0.39, 0.29) is 5.54 Å². The fourth-order valence-electron chi connectivity index (χ4n) is 3.02. The molecule has 0 radical (unpaired) electrons. The summed E-state index contributed by atoms with van der Waals surface area (Å²) in [6.07, 6.45) is 3.89. The van der Waals surface area contributed by atoms with Gasteiger partial charge in [0, 0.05) is 17.3 Å². The Morgan fingerprint density at radius 3 is 2.41 bits per heavy atom. The number of benzene rings is 1. The molecule has 0 saturated carbocycles. The van der Waals surface area contributed by atoms with Crippen molar-refractivity contribution in [2.75, 3.05) is 12.0 Å². The molecule has 1 aliphatic heterocycles. The van der Waals surface area contributed by atoms with E-state index in [4.69, 9.17) is 4.74 Å². The van der Waals surface area contributed by atoms with Gasteiger partial charge in [-0.1, -0.05) is 0 Å². The number of methoxy groups -OCH3 is 1. The molecule has 0 aromatic heterocycles. The molecule has 0 amide bonds. The van der Waals surface area contributed by atoms with Crippen LogP contribution in [0.3, 0.4) is 0 Å². The average molecular weight is 233 g/mol. The van der Waals surface area contributed by atoms with Crippen LogP contribution >= 0.6 is 0 Å². The quantitative estimate of drug-likeness (QED) is 0.769. The fraction of sp³-hybridized carbons (Fsp3) is 0.600. The van der Waals surface area contributed by atoms with Crippen LogP contribution in [0.1, 0.15) is 40.0 Å². The monoisotopic (exact) mass is 233 g/mol. The molecule has 0 N–H and O–H groups in total. The van der Waals surface area contributed by atoms with Gasteiger partial charge in [-0.2, -0.15) is 0 Å². The maximum absolute atomic E-state index is 5.22. The van der Waals surface area contributed by atoms with Gasteiger partial charge in [0.2, 0.25) is 0 Å². The number of anilines is 1. The van der Waals surface area contributed by atoms with Crippen LogP contribution < -0.4 is 9.64 Å². The van der Waals surface area contributed by atoms with E-state index >= 15 is 0 Å². The zero-order valence-electron chi connectivity index (χ0n) is 11.4. The molecule has 2 nitrogen and oxygen atoms in total. The number of piperidine rings is 1. The Hall–Kier alpha value is -1.18. The summed E-state index contributed by atoms with van der Waals surface area (Å²) in [4.78, 5) is 2.55. The van der Waals surface area contributed by atoms with Crippen molar-refractivity contribution < 1.29 is 4.74 Å². The van der Waals surface area contributed by atoms with E-state index in [1.807, 2.05) is 12.1 Å². The third-order valence-electron chi connectivity index (χ3n) is 3.85. The van der Waals surface area contributed by atoms with Gasteiger partial charge in [-0.25, -0.2) is 0 Å². The highest BCUT2D eigenvalue weighted by Gasteiger charge is 2.34. The Bertz CT molecular complexity index is 369. The van der Waals surface area contributed by atoms with Gasteiger partial charge in [-0.15, -0.1) is 0 Å². The van der Waals surface area contributed by atoms with Gasteiger partial charge in [0.05, 0.1) is 7.11 Å². The van der Waals surface area contributed by atoms with Crippen LogP contribution in [-0.4, -0.2) is 18.7 Å². The Labute approximate surface area is 105 Å². The Kier molecular flexibility index (Phi) is 3.32. The van der Waals surface area contributed by atoms with Crippen LogP contribution in [0, 0.1) is 0 Å². The number of nitrogens with zero attached hydrogens (tertiary/aromatic N) is 1. The predicted molar refractivity (Wildman–Crippen MR) is 72.9 cm³/mol. The molecule has 1 saturated heterocycles. The molecule has 1 aromatic rings. The molecule has 0 spiro atoms. The van der Waals surface area contributed by atoms with Crippen LogP contribution in [0.5, 0.6) is 5.75 Å². The highest BCUT2D eigenvalue weighted by Crippen LogP contribution is 2.36. The highest BCUT2D eigenvalue weighted by molar-refractivity contribution is 5.52. The van der Waals surface area contributed by atoms with Gasteiger partial charge in [0.15, 0.2) is 0 Å². The summed E-state index contributed by atoms with van der Waals surface area (Å²) in [6, 6.07) is 9.05. The summed E-state index contributed by atoms with van der Waals surface area (Å²) in [5.74, 6) is 0.927. The third kappa shape index (κ3) is 2.41. The lowest BCUT2D eigenvalue weighted by Gasteiger charge is -2.48. The SMILES string of the molecule is COc1ccc(N2C(C)CCCC2(C)C)cc1. The van der Waals surface area contributed by atoms with Gasteiger partial charge in [-0.05, 0) is 64.3 Å². The molecule has 94 valence electrons. The van der Waals surface area contributed by atoms with Gasteiger partial charge >= 0.3 is 0 Å². The minimum Gasteiger partial charge on any atom is -0.497 e. The summed E-state index contributed by atoms with van der Waals surface area (Å²) in [5, 5.41) is 0. The van der Waals surface area contributed by atoms with Crippen molar-refractivity contribution in [3.05, 3.63) is 24.3 Å². The topological polar surface area (TPSA) is 12.5 Å². The lowest BCUT2D eigenvalue weighted by molar-refractivity contribution is 0.314. The zero-order chi connectivity index (χ0) is 12.5. The second kappa shape index (κ2) is 4.59. The normalized spacial score (nSPS) is 23.5. The van der Waals surface area contributed by atoms with Crippen LogP contribution in [0.4, 0.5) is 5.69 Å². The van der Waals surface area contributed by atoms with Gasteiger partial charge in [0.25, 0.3) is 0 Å². The first-order chi connectivity index (χ1) is 8.04. The molecule has 1 atom stereocenters. The van der Waals surface area contributed by atoms with Crippen molar-refractivity contribution in [2.24, 2.45) is 0 Å². The van der Waals surface area contributed by atoms with Crippen molar-refractivity contribution in [3.8, 4) is 5.75 Å². The Balaban J connectivity index is 2.28. The van der Waals surface area contributed by atoms with E-state index in [2.05, 4.69) is 37.8 Å². The molecular weight excluding hydrogens is 210 g/mol. The first-order valence-corrected chi connectivity index (χ1v) is 6.48. The summed E-state index contributed by atoms with van der Waals surface area (Å²) in [7, 11) is 1.71. The average Bonchev–Trinajstić information content (AvgIpc) is 2.28. The maximum atomic E-state index is 5.22. The number of hydrogen-bond acceptors (Lipinski definition) is 2. The van der Waals surface area contributed by atoms with E-state index in [1.165, 1.54) is 24.9 Å².